The minimum Gasteiger partial charge on any atom is -0.467 e. The van der Waals surface area contributed by atoms with Crippen LogP contribution in [0.4, 0.5) is 0 Å². The summed E-state index contributed by atoms with van der Waals surface area (Å²) in [5, 5.41) is 0. The van der Waals surface area contributed by atoms with Crippen LogP contribution in [0.25, 0.3) is 0 Å². The molecule has 0 aliphatic rings. The number of aromatic nitrogens is 1. The largest absolute Gasteiger partial charge is 0.467 e. The Labute approximate surface area is 106 Å². The van der Waals surface area contributed by atoms with Crippen LogP contribution in [-0.2, 0) is 9.53 Å². The van der Waals surface area contributed by atoms with Gasteiger partial charge >= 0.3 is 5.97 Å². The van der Waals surface area contributed by atoms with Crippen LogP contribution in [0.2, 0.25) is 0 Å². The number of ether oxygens (including phenoxy) is 1. The molecule has 1 atom stereocenters. The Balaban J connectivity index is 3.22. The van der Waals surface area contributed by atoms with Crippen molar-refractivity contribution in [1.82, 2.24) is 4.57 Å². The van der Waals surface area contributed by atoms with Gasteiger partial charge in [-0.1, -0.05) is 0 Å². The van der Waals surface area contributed by atoms with Gasteiger partial charge in [0.1, 0.15) is 6.04 Å². The van der Waals surface area contributed by atoms with Crippen molar-refractivity contribution in [1.29, 1.82) is 0 Å². The number of rotatable bonds is 4. The van der Waals surface area contributed by atoms with Crippen molar-refractivity contribution in [2.75, 3.05) is 13.0 Å². The molecule has 17 heavy (non-hydrogen) atoms. The average Bonchev–Trinajstić information content (AvgIpc) is 2.62. The first-order valence-electron chi connectivity index (χ1n) is 5.29. The number of ketones is 1. The number of halogens is 1. The van der Waals surface area contributed by atoms with E-state index < -0.39 is 6.04 Å². The molecule has 0 aliphatic carbocycles. The van der Waals surface area contributed by atoms with E-state index in [-0.39, 0.29) is 17.6 Å². The number of aryl methyl sites for hydroxylation is 1. The third-order valence-corrected chi connectivity index (χ3v) is 3.08. The van der Waals surface area contributed by atoms with Gasteiger partial charge in [-0.3, -0.25) is 4.79 Å². The summed E-state index contributed by atoms with van der Waals surface area (Å²) in [7, 11) is 1.35. The van der Waals surface area contributed by atoms with Crippen LogP contribution in [0.1, 0.15) is 34.7 Å². The molecule has 1 aromatic heterocycles. The third kappa shape index (κ3) is 2.52. The number of nitrogens with zero attached hydrogens (tertiary/aromatic N) is 1. The fourth-order valence-electron chi connectivity index (χ4n) is 2.00. The fraction of sp³-hybridized carbons (Fsp3) is 0.500. The fourth-order valence-corrected chi connectivity index (χ4v) is 2.15. The zero-order valence-corrected chi connectivity index (χ0v) is 11.2. The molecular formula is C12H16ClNO3. The Morgan fingerprint density at radius 2 is 2.06 bits per heavy atom. The third-order valence-electron chi connectivity index (χ3n) is 2.84. The van der Waals surface area contributed by atoms with Gasteiger partial charge in [-0.25, -0.2) is 4.79 Å². The van der Waals surface area contributed by atoms with Gasteiger partial charge in [0.05, 0.1) is 13.0 Å². The van der Waals surface area contributed by atoms with E-state index in [2.05, 4.69) is 0 Å². The Morgan fingerprint density at radius 1 is 1.47 bits per heavy atom. The van der Waals surface area contributed by atoms with E-state index in [9.17, 15) is 9.59 Å². The van der Waals surface area contributed by atoms with Crippen molar-refractivity contribution in [3.8, 4) is 0 Å². The summed E-state index contributed by atoms with van der Waals surface area (Å²) in [6.07, 6.45) is 0. The van der Waals surface area contributed by atoms with Gasteiger partial charge in [0.15, 0.2) is 5.78 Å². The van der Waals surface area contributed by atoms with E-state index in [0.717, 1.165) is 11.4 Å². The Morgan fingerprint density at radius 3 is 2.53 bits per heavy atom. The summed E-state index contributed by atoms with van der Waals surface area (Å²) in [6.45, 7) is 5.38. The van der Waals surface area contributed by atoms with Crippen molar-refractivity contribution in [2.24, 2.45) is 0 Å². The highest BCUT2D eigenvalue weighted by Gasteiger charge is 2.22. The van der Waals surface area contributed by atoms with Crippen molar-refractivity contribution in [3.05, 3.63) is 23.0 Å². The first-order valence-corrected chi connectivity index (χ1v) is 5.82. The zero-order valence-electron chi connectivity index (χ0n) is 10.4. The molecule has 0 amide bonds. The lowest BCUT2D eigenvalue weighted by Crippen LogP contribution is -2.20. The van der Waals surface area contributed by atoms with Crippen LogP contribution >= 0.6 is 11.6 Å². The van der Waals surface area contributed by atoms with Gasteiger partial charge in [0, 0.05) is 17.0 Å². The first kappa shape index (κ1) is 13.8. The SMILES string of the molecule is COC(=O)C(C)n1c(C)cc(C(=O)CCl)c1C. The van der Waals surface area contributed by atoms with Crippen LogP contribution in [0.5, 0.6) is 0 Å². The van der Waals surface area contributed by atoms with Gasteiger partial charge in [0.2, 0.25) is 0 Å². The number of esters is 1. The maximum absolute atomic E-state index is 11.6. The Hall–Kier alpha value is -1.29. The molecule has 1 rings (SSSR count). The molecule has 0 bridgehead atoms. The number of carbonyl (C=O) groups excluding carboxylic acids is 2. The molecule has 0 saturated carbocycles. The van der Waals surface area contributed by atoms with E-state index in [1.54, 1.807) is 24.5 Å². The minimum atomic E-state index is -0.447. The topological polar surface area (TPSA) is 48.3 Å². The Bertz CT molecular complexity index is 451. The number of Topliss-reactive ketones (excluding diaryl/α,β-unsaturated/α-hetero) is 1. The monoisotopic (exact) mass is 257 g/mol. The molecule has 4 nitrogen and oxygen atoms in total. The molecule has 0 radical (unpaired) electrons. The molecule has 5 heteroatoms. The summed E-state index contributed by atoms with van der Waals surface area (Å²) in [6, 6.07) is 1.30. The highest BCUT2D eigenvalue weighted by molar-refractivity contribution is 6.30. The normalized spacial score (nSPS) is 12.3. The van der Waals surface area contributed by atoms with Gasteiger partial charge in [-0.15, -0.1) is 11.6 Å². The molecule has 0 spiro atoms. The maximum Gasteiger partial charge on any atom is 0.328 e. The van der Waals surface area contributed by atoms with Crippen LogP contribution in [0, 0.1) is 13.8 Å². The number of hydrogen-bond donors (Lipinski definition) is 0. The molecular weight excluding hydrogens is 242 g/mol. The number of alkyl halides is 1. The van der Waals surface area contributed by atoms with E-state index >= 15 is 0 Å². The summed E-state index contributed by atoms with van der Waals surface area (Å²) in [5.41, 5.74) is 2.15. The van der Waals surface area contributed by atoms with E-state index in [1.165, 1.54) is 7.11 Å². The van der Waals surface area contributed by atoms with Crippen LogP contribution in [0.3, 0.4) is 0 Å². The van der Waals surface area contributed by atoms with Crippen LogP contribution < -0.4 is 0 Å². The van der Waals surface area contributed by atoms with Gasteiger partial charge in [0.25, 0.3) is 0 Å². The molecule has 0 aromatic carbocycles. The first-order chi connectivity index (χ1) is 7.93. The molecule has 0 N–H and O–H groups in total. The Kier molecular flexibility index (Phi) is 4.34. The number of carbonyl (C=O) groups is 2. The predicted molar refractivity (Wildman–Crippen MR) is 65.7 cm³/mol. The zero-order chi connectivity index (χ0) is 13.2. The lowest BCUT2D eigenvalue weighted by molar-refractivity contribution is -0.144. The van der Waals surface area contributed by atoms with Crippen molar-refractivity contribution in [3.63, 3.8) is 0 Å². The van der Waals surface area contributed by atoms with E-state index in [1.807, 2.05) is 6.92 Å². The molecule has 94 valence electrons. The predicted octanol–water partition coefficient (Wildman–Crippen LogP) is 2.26. The van der Waals surface area contributed by atoms with Gasteiger partial charge in [-0.05, 0) is 26.8 Å². The quantitative estimate of drug-likeness (QED) is 0.472. The number of methoxy groups -OCH3 is 1. The highest BCUT2D eigenvalue weighted by atomic mass is 35.5. The van der Waals surface area contributed by atoms with Crippen molar-refractivity contribution < 1.29 is 14.3 Å². The van der Waals surface area contributed by atoms with Crippen molar-refractivity contribution in [2.45, 2.75) is 26.8 Å². The maximum atomic E-state index is 11.6. The molecule has 1 aromatic rings. The van der Waals surface area contributed by atoms with Crippen LogP contribution in [0.15, 0.2) is 6.07 Å². The average molecular weight is 258 g/mol. The molecule has 0 saturated heterocycles. The summed E-state index contributed by atoms with van der Waals surface area (Å²) in [4.78, 5) is 23.1. The molecule has 1 unspecified atom stereocenters. The van der Waals surface area contributed by atoms with E-state index in [4.69, 9.17) is 16.3 Å². The second-order valence-corrected chi connectivity index (χ2v) is 4.18. The lowest BCUT2D eigenvalue weighted by Gasteiger charge is -2.16. The molecule has 0 aliphatic heterocycles. The second kappa shape index (κ2) is 5.36. The van der Waals surface area contributed by atoms with Gasteiger partial charge in [-0.2, -0.15) is 0 Å². The highest BCUT2D eigenvalue weighted by Crippen LogP contribution is 2.21. The molecule has 1 heterocycles. The minimum absolute atomic E-state index is 0.0586. The van der Waals surface area contributed by atoms with Gasteiger partial charge < -0.3 is 9.30 Å². The standard InChI is InChI=1S/C12H16ClNO3/c1-7-5-10(11(15)6-13)8(2)14(7)9(3)12(16)17-4/h5,9H,6H2,1-4H3. The molecule has 0 fully saturated rings. The van der Waals surface area contributed by atoms with Crippen LogP contribution in [-0.4, -0.2) is 29.3 Å². The second-order valence-electron chi connectivity index (χ2n) is 3.91. The van der Waals surface area contributed by atoms with Crippen molar-refractivity contribution >= 4 is 23.4 Å². The summed E-state index contributed by atoms with van der Waals surface area (Å²) >= 11 is 5.54. The summed E-state index contributed by atoms with van der Waals surface area (Å²) in [5.74, 6) is -0.531. The number of hydrogen-bond acceptors (Lipinski definition) is 3. The lowest BCUT2D eigenvalue weighted by atomic mass is 10.2. The summed E-state index contributed by atoms with van der Waals surface area (Å²) < 4.78 is 6.49. The van der Waals surface area contributed by atoms with E-state index in [0.29, 0.717) is 5.56 Å². The smallest absolute Gasteiger partial charge is 0.328 e.